The molecule has 0 heterocycles. The molecule has 0 aliphatic carbocycles. The Morgan fingerprint density at radius 3 is 1.17 bits per heavy atom. The summed E-state index contributed by atoms with van der Waals surface area (Å²) in [5.41, 5.74) is 0. The summed E-state index contributed by atoms with van der Waals surface area (Å²) < 4.78 is 14.9. The minimum absolute atomic E-state index is 0.158. The van der Waals surface area contributed by atoms with Crippen molar-refractivity contribution in [3.63, 3.8) is 0 Å². The van der Waals surface area contributed by atoms with Gasteiger partial charge in [-0.3, -0.25) is 4.52 Å². The summed E-state index contributed by atoms with van der Waals surface area (Å²) in [6, 6.07) is 0. The molecule has 0 saturated heterocycles. The SMILES string of the molecule is O=C=NCCCCCCCCCCCCCCCCCCCCCCOP(=O)(O)O. The van der Waals surface area contributed by atoms with Crippen LogP contribution in [0.4, 0.5) is 0 Å². The standard InChI is InChI=1S/C23H46NO5P/c25-23-24-21-19-17-15-13-11-9-7-5-3-1-2-4-6-8-10-12-14-16-18-20-22-29-30(26,27)28/h1-22H2,(H2,26,27,28). The number of hydrogen-bond donors (Lipinski definition) is 2. The summed E-state index contributed by atoms with van der Waals surface area (Å²) in [4.78, 5) is 30.7. The molecule has 0 saturated carbocycles. The first kappa shape index (κ1) is 29.5. The van der Waals surface area contributed by atoms with Crippen LogP contribution < -0.4 is 0 Å². The lowest BCUT2D eigenvalue weighted by atomic mass is 10.0. The highest BCUT2D eigenvalue weighted by Gasteiger charge is 2.12. The summed E-state index contributed by atoms with van der Waals surface area (Å²) >= 11 is 0. The Balaban J connectivity index is 3.05. The Labute approximate surface area is 184 Å². The Kier molecular flexibility index (Phi) is 22.8. The molecule has 2 N–H and O–H groups in total. The third-order valence-corrected chi connectivity index (χ3v) is 6.01. The van der Waals surface area contributed by atoms with E-state index in [1.54, 1.807) is 6.08 Å². The van der Waals surface area contributed by atoms with Gasteiger partial charge in [0.1, 0.15) is 0 Å². The topological polar surface area (TPSA) is 96.2 Å². The molecular weight excluding hydrogens is 401 g/mol. The average molecular weight is 448 g/mol. The molecule has 0 aliphatic rings. The van der Waals surface area contributed by atoms with E-state index in [2.05, 4.69) is 9.52 Å². The van der Waals surface area contributed by atoms with E-state index in [1.165, 1.54) is 103 Å². The summed E-state index contributed by atoms with van der Waals surface area (Å²) in [7, 11) is -4.27. The van der Waals surface area contributed by atoms with Gasteiger partial charge in [-0.25, -0.2) is 14.4 Å². The zero-order valence-corrected chi connectivity index (χ0v) is 20.0. The molecule has 0 spiro atoms. The smallest absolute Gasteiger partial charge is 0.303 e. The van der Waals surface area contributed by atoms with E-state index >= 15 is 0 Å². The van der Waals surface area contributed by atoms with E-state index in [-0.39, 0.29) is 6.61 Å². The van der Waals surface area contributed by atoms with Gasteiger partial charge in [-0.2, -0.15) is 0 Å². The fraction of sp³-hybridized carbons (Fsp3) is 0.957. The second-order valence-electron chi connectivity index (χ2n) is 8.37. The van der Waals surface area contributed by atoms with Crippen molar-refractivity contribution in [2.45, 2.75) is 128 Å². The second-order valence-corrected chi connectivity index (χ2v) is 9.61. The van der Waals surface area contributed by atoms with E-state index in [4.69, 9.17) is 9.79 Å². The third-order valence-electron chi connectivity index (χ3n) is 5.49. The van der Waals surface area contributed by atoms with Gasteiger partial charge in [0.05, 0.1) is 13.2 Å². The van der Waals surface area contributed by atoms with Crippen LogP contribution in [0.5, 0.6) is 0 Å². The van der Waals surface area contributed by atoms with Gasteiger partial charge in [-0.05, 0) is 12.8 Å². The van der Waals surface area contributed by atoms with Crippen LogP contribution in [0.25, 0.3) is 0 Å². The number of phosphoric acid groups is 1. The molecule has 0 aromatic heterocycles. The lowest BCUT2D eigenvalue weighted by Gasteiger charge is -2.05. The number of nitrogens with zero attached hydrogens (tertiary/aromatic N) is 1. The van der Waals surface area contributed by atoms with Crippen LogP contribution in [-0.2, 0) is 13.9 Å². The van der Waals surface area contributed by atoms with E-state index in [9.17, 15) is 9.36 Å². The summed E-state index contributed by atoms with van der Waals surface area (Å²) in [6.07, 6.45) is 26.7. The molecule has 0 aromatic rings. The number of phosphoric ester groups is 1. The largest absolute Gasteiger partial charge is 0.469 e. The molecule has 6 nitrogen and oxygen atoms in total. The molecule has 178 valence electrons. The van der Waals surface area contributed by atoms with E-state index in [0.29, 0.717) is 6.54 Å². The van der Waals surface area contributed by atoms with Crippen molar-refractivity contribution in [3.05, 3.63) is 0 Å². The highest BCUT2D eigenvalue weighted by Crippen LogP contribution is 2.35. The summed E-state index contributed by atoms with van der Waals surface area (Å²) in [6.45, 7) is 0.802. The van der Waals surface area contributed by atoms with Crippen LogP contribution in [0.3, 0.4) is 0 Å². The quantitative estimate of drug-likeness (QED) is 0.0704. The number of carbonyl (C=O) groups excluding carboxylic acids is 1. The number of rotatable bonds is 24. The number of aliphatic imine (C=N–C) groups is 1. The van der Waals surface area contributed by atoms with Crippen molar-refractivity contribution >= 4 is 13.9 Å². The summed E-state index contributed by atoms with van der Waals surface area (Å²) in [5.74, 6) is 0. The average Bonchev–Trinajstić information content (AvgIpc) is 2.70. The summed E-state index contributed by atoms with van der Waals surface area (Å²) in [5, 5.41) is 0. The Morgan fingerprint density at radius 1 is 0.567 bits per heavy atom. The molecule has 0 bridgehead atoms. The van der Waals surface area contributed by atoms with Gasteiger partial charge < -0.3 is 9.79 Å². The van der Waals surface area contributed by atoms with Crippen molar-refractivity contribution in [2.24, 2.45) is 4.99 Å². The molecule has 0 aromatic carbocycles. The van der Waals surface area contributed by atoms with Crippen LogP contribution >= 0.6 is 7.82 Å². The fourth-order valence-corrected chi connectivity index (χ4v) is 4.07. The lowest BCUT2D eigenvalue weighted by molar-refractivity contribution is 0.193. The van der Waals surface area contributed by atoms with Crippen LogP contribution in [0.1, 0.15) is 128 Å². The molecule has 0 rings (SSSR count). The van der Waals surface area contributed by atoms with Crippen molar-refractivity contribution in [1.82, 2.24) is 0 Å². The van der Waals surface area contributed by atoms with Gasteiger partial charge in [0.25, 0.3) is 0 Å². The number of isocyanates is 1. The van der Waals surface area contributed by atoms with Crippen LogP contribution in [-0.4, -0.2) is 29.0 Å². The Bertz CT molecular complexity index is 449. The highest BCUT2D eigenvalue weighted by molar-refractivity contribution is 7.46. The van der Waals surface area contributed by atoms with E-state index in [1.807, 2.05) is 0 Å². The Hall–Kier alpha value is -0.510. The van der Waals surface area contributed by atoms with Gasteiger partial charge in [-0.1, -0.05) is 116 Å². The zero-order valence-electron chi connectivity index (χ0n) is 19.1. The van der Waals surface area contributed by atoms with Crippen LogP contribution in [0.15, 0.2) is 4.99 Å². The molecule has 0 radical (unpaired) electrons. The maximum absolute atomic E-state index is 10.5. The zero-order chi connectivity index (χ0) is 22.2. The highest BCUT2D eigenvalue weighted by atomic mass is 31.2. The first-order valence-electron chi connectivity index (χ1n) is 12.3. The maximum atomic E-state index is 10.5. The van der Waals surface area contributed by atoms with E-state index in [0.717, 1.165) is 25.7 Å². The molecule has 0 amide bonds. The van der Waals surface area contributed by atoms with E-state index < -0.39 is 7.82 Å². The van der Waals surface area contributed by atoms with Crippen LogP contribution in [0, 0.1) is 0 Å². The number of unbranched alkanes of at least 4 members (excludes halogenated alkanes) is 19. The monoisotopic (exact) mass is 447 g/mol. The minimum atomic E-state index is -4.27. The number of hydrogen-bond acceptors (Lipinski definition) is 4. The molecule has 0 aliphatic heterocycles. The van der Waals surface area contributed by atoms with Gasteiger partial charge >= 0.3 is 7.82 Å². The normalized spacial score (nSPS) is 11.5. The van der Waals surface area contributed by atoms with Crippen molar-refractivity contribution in [1.29, 1.82) is 0 Å². The van der Waals surface area contributed by atoms with Crippen molar-refractivity contribution < 1.29 is 23.7 Å². The molecule has 0 unspecified atom stereocenters. The van der Waals surface area contributed by atoms with Crippen LogP contribution in [0.2, 0.25) is 0 Å². The van der Waals surface area contributed by atoms with Gasteiger partial charge in [-0.15, -0.1) is 0 Å². The molecule has 0 fully saturated rings. The first-order valence-corrected chi connectivity index (χ1v) is 13.8. The van der Waals surface area contributed by atoms with Gasteiger partial charge in [0.2, 0.25) is 6.08 Å². The Morgan fingerprint density at radius 2 is 0.867 bits per heavy atom. The predicted octanol–water partition coefficient (Wildman–Crippen LogP) is 7.23. The third kappa shape index (κ3) is 27.5. The first-order chi connectivity index (χ1) is 14.6. The predicted molar refractivity (Wildman–Crippen MR) is 123 cm³/mol. The molecule has 30 heavy (non-hydrogen) atoms. The molecule has 7 heteroatoms. The molecule has 0 atom stereocenters. The second kappa shape index (κ2) is 23.2. The van der Waals surface area contributed by atoms with Gasteiger partial charge in [0, 0.05) is 0 Å². The molecular formula is C23H46NO5P. The van der Waals surface area contributed by atoms with Crippen molar-refractivity contribution in [2.75, 3.05) is 13.2 Å². The van der Waals surface area contributed by atoms with Gasteiger partial charge in [0.15, 0.2) is 0 Å². The van der Waals surface area contributed by atoms with Crippen molar-refractivity contribution in [3.8, 4) is 0 Å². The minimum Gasteiger partial charge on any atom is -0.303 e. The maximum Gasteiger partial charge on any atom is 0.469 e. The lowest BCUT2D eigenvalue weighted by Crippen LogP contribution is -1.92. The fourth-order valence-electron chi connectivity index (χ4n) is 3.70.